The Kier molecular flexibility index (Phi) is 3.88. The quantitative estimate of drug-likeness (QED) is 0.904. The van der Waals surface area contributed by atoms with Crippen molar-refractivity contribution in [2.24, 2.45) is 7.05 Å². The maximum Gasteiger partial charge on any atom is 0.125 e. The number of nitrogens with one attached hydrogen (secondary N) is 1. The van der Waals surface area contributed by atoms with Crippen molar-refractivity contribution in [3.63, 3.8) is 0 Å². The lowest BCUT2D eigenvalue weighted by Gasteiger charge is -2.18. The van der Waals surface area contributed by atoms with Gasteiger partial charge in [-0.25, -0.2) is 4.98 Å². The SMILES string of the molecule is CCNC(Cc1ccc2c(c1)CCC2)c1nccn1C. The highest BCUT2D eigenvalue weighted by molar-refractivity contribution is 5.35. The summed E-state index contributed by atoms with van der Waals surface area (Å²) in [7, 11) is 2.06. The van der Waals surface area contributed by atoms with Gasteiger partial charge < -0.3 is 9.88 Å². The van der Waals surface area contributed by atoms with Crippen LogP contribution in [0.1, 0.15) is 41.9 Å². The Morgan fingerprint density at radius 1 is 1.30 bits per heavy atom. The van der Waals surface area contributed by atoms with Gasteiger partial charge in [-0.15, -0.1) is 0 Å². The molecular weight excluding hydrogens is 246 g/mol. The molecule has 3 rings (SSSR count). The van der Waals surface area contributed by atoms with Gasteiger partial charge in [-0.3, -0.25) is 0 Å². The third-order valence-electron chi connectivity index (χ3n) is 4.22. The van der Waals surface area contributed by atoms with Gasteiger partial charge in [0, 0.05) is 19.4 Å². The molecule has 0 saturated carbocycles. The molecule has 1 aliphatic rings. The maximum absolute atomic E-state index is 4.50. The van der Waals surface area contributed by atoms with E-state index < -0.39 is 0 Å². The highest BCUT2D eigenvalue weighted by Gasteiger charge is 2.17. The molecule has 106 valence electrons. The molecule has 0 saturated heterocycles. The number of fused-ring (bicyclic) bond motifs is 1. The number of hydrogen-bond acceptors (Lipinski definition) is 2. The van der Waals surface area contributed by atoms with Crippen molar-refractivity contribution < 1.29 is 0 Å². The number of nitrogens with zero attached hydrogens (tertiary/aromatic N) is 2. The molecule has 20 heavy (non-hydrogen) atoms. The molecule has 1 aromatic heterocycles. The summed E-state index contributed by atoms with van der Waals surface area (Å²) in [6.45, 7) is 3.11. The summed E-state index contributed by atoms with van der Waals surface area (Å²) in [6.07, 6.45) is 8.72. The molecule has 1 N–H and O–H groups in total. The van der Waals surface area contributed by atoms with Crippen molar-refractivity contribution >= 4 is 0 Å². The fraction of sp³-hybridized carbons (Fsp3) is 0.471. The predicted molar refractivity (Wildman–Crippen MR) is 81.8 cm³/mol. The van der Waals surface area contributed by atoms with E-state index in [0.29, 0.717) is 6.04 Å². The number of aromatic nitrogens is 2. The van der Waals surface area contributed by atoms with Crippen molar-refractivity contribution in [2.45, 2.75) is 38.6 Å². The molecule has 1 aromatic carbocycles. The van der Waals surface area contributed by atoms with E-state index in [9.17, 15) is 0 Å². The summed E-state index contributed by atoms with van der Waals surface area (Å²) < 4.78 is 2.11. The molecule has 0 radical (unpaired) electrons. The van der Waals surface area contributed by atoms with Crippen LogP contribution in [0.2, 0.25) is 0 Å². The zero-order valence-electron chi connectivity index (χ0n) is 12.4. The second-order valence-corrected chi connectivity index (χ2v) is 5.67. The lowest BCUT2D eigenvalue weighted by atomic mass is 10.0. The zero-order chi connectivity index (χ0) is 13.9. The normalized spacial score (nSPS) is 15.3. The van der Waals surface area contributed by atoms with Crippen molar-refractivity contribution in [1.29, 1.82) is 0 Å². The molecule has 0 spiro atoms. The van der Waals surface area contributed by atoms with Gasteiger partial charge in [0.15, 0.2) is 0 Å². The van der Waals surface area contributed by atoms with Crippen molar-refractivity contribution in [3.05, 3.63) is 53.1 Å². The molecule has 0 aliphatic heterocycles. The van der Waals surface area contributed by atoms with Gasteiger partial charge in [0.2, 0.25) is 0 Å². The van der Waals surface area contributed by atoms with Gasteiger partial charge in [-0.2, -0.15) is 0 Å². The summed E-state index contributed by atoms with van der Waals surface area (Å²) in [4.78, 5) is 4.50. The first-order valence-electron chi connectivity index (χ1n) is 7.59. The largest absolute Gasteiger partial charge is 0.337 e. The third kappa shape index (κ3) is 2.63. The van der Waals surface area contributed by atoms with Crippen LogP contribution in [0.3, 0.4) is 0 Å². The van der Waals surface area contributed by atoms with Crippen LogP contribution in [0.4, 0.5) is 0 Å². The lowest BCUT2D eigenvalue weighted by Crippen LogP contribution is -2.25. The average Bonchev–Trinajstić information content (AvgIpc) is 3.06. The number of aryl methyl sites for hydroxylation is 3. The Morgan fingerprint density at radius 3 is 2.90 bits per heavy atom. The molecule has 1 unspecified atom stereocenters. The van der Waals surface area contributed by atoms with Crippen molar-refractivity contribution in [1.82, 2.24) is 14.9 Å². The Bertz CT molecular complexity index is 586. The summed E-state index contributed by atoms with van der Waals surface area (Å²) >= 11 is 0. The predicted octanol–water partition coefficient (Wildman–Crippen LogP) is 2.80. The fourth-order valence-electron chi connectivity index (χ4n) is 3.20. The molecule has 0 bridgehead atoms. The Balaban J connectivity index is 1.81. The topological polar surface area (TPSA) is 29.9 Å². The maximum atomic E-state index is 4.50. The minimum absolute atomic E-state index is 0.291. The Morgan fingerprint density at radius 2 is 2.15 bits per heavy atom. The van der Waals surface area contributed by atoms with E-state index in [0.717, 1.165) is 18.8 Å². The summed E-state index contributed by atoms with van der Waals surface area (Å²) in [5.74, 6) is 1.12. The number of rotatable bonds is 5. The zero-order valence-corrected chi connectivity index (χ0v) is 12.4. The van der Waals surface area contributed by atoms with E-state index in [1.165, 1.54) is 24.8 Å². The standard InChI is InChI=1S/C17H23N3/c1-3-18-16(17-19-9-10-20(17)2)12-13-7-8-14-5-4-6-15(14)11-13/h7-11,16,18H,3-6,12H2,1-2H3. The van der Waals surface area contributed by atoms with E-state index in [1.807, 2.05) is 12.4 Å². The van der Waals surface area contributed by atoms with E-state index >= 15 is 0 Å². The highest BCUT2D eigenvalue weighted by Crippen LogP contribution is 2.25. The Labute approximate surface area is 121 Å². The second kappa shape index (κ2) is 5.80. The number of benzene rings is 1. The molecule has 1 heterocycles. The molecule has 0 amide bonds. The van der Waals surface area contributed by atoms with Crippen LogP contribution in [0.5, 0.6) is 0 Å². The third-order valence-corrected chi connectivity index (χ3v) is 4.22. The van der Waals surface area contributed by atoms with Gasteiger partial charge in [-0.1, -0.05) is 25.1 Å². The molecule has 1 atom stereocenters. The molecule has 0 fully saturated rings. The number of likely N-dealkylation sites (N-methyl/N-ethyl adjacent to an activating group) is 1. The molecular formula is C17H23N3. The van der Waals surface area contributed by atoms with Crippen molar-refractivity contribution in [2.75, 3.05) is 6.54 Å². The van der Waals surface area contributed by atoms with Crippen LogP contribution >= 0.6 is 0 Å². The van der Waals surface area contributed by atoms with Crippen LogP contribution in [-0.4, -0.2) is 16.1 Å². The van der Waals surface area contributed by atoms with E-state index in [4.69, 9.17) is 0 Å². The van der Waals surface area contributed by atoms with Gasteiger partial charge >= 0.3 is 0 Å². The molecule has 3 heteroatoms. The molecule has 2 aromatic rings. The van der Waals surface area contributed by atoms with Gasteiger partial charge in [0.1, 0.15) is 5.82 Å². The first-order chi connectivity index (χ1) is 9.78. The van der Waals surface area contributed by atoms with Crippen LogP contribution in [-0.2, 0) is 26.3 Å². The summed E-state index contributed by atoms with van der Waals surface area (Å²) in [5, 5.41) is 3.56. The first-order valence-corrected chi connectivity index (χ1v) is 7.59. The molecule has 1 aliphatic carbocycles. The second-order valence-electron chi connectivity index (χ2n) is 5.67. The average molecular weight is 269 g/mol. The van der Waals surface area contributed by atoms with E-state index in [2.05, 4.69) is 47.0 Å². The minimum Gasteiger partial charge on any atom is -0.337 e. The highest BCUT2D eigenvalue weighted by atomic mass is 15.1. The van der Waals surface area contributed by atoms with Crippen LogP contribution < -0.4 is 5.32 Å². The fourth-order valence-corrected chi connectivity index (χ4v) is 3.20. The molecule has 3 nitrogen and oxygen atoms in total. The number of imidazole rings is 1. The minimum atomic E-state index is 0.291. The monoisotopic (exact) mass is 269 g/mol. The van der Waals surface area contributed by atoms with Crippen LogP contribution in [0.25, 0.3) is 0 Å². The van der Waals surface area contributed by atoms with Gasteiger partial charge in [-0.05, 0) is 48.9 Å². The number of hydrogen-bond donors (Lipinski definition) is 1. The lowest BCUT2D eigenvalue weighted by molar-refractivity contribution is 0.506. The van der Waals surface area contributed by atoms with Crippen LogP contribution in [0.15, 0.2) is 30.6 Å². The summed E-state index contributed by atoms with van der Waals surface area (Å²) in [6, 6.07) is 7.30. The van der Waals surface area contributed by atoms with Crippen molar-refractivity contribution in [3.8, 4) is 0 Å². The van der Waals surface area contributed by atoms with E-state index in [-0.39, 0.29) is 0 Å². The Hall–Kier alpha value is -1.61. The summed E-state index contributed by atoms with van der Waals surface area (Å²) in [5.41, 5.74) is 4.52. The smallest absolute Gasteiger partial charge is 0.125 e. The van der Waals surface area contributed by atoms with Gasteiger partial charge in [0.25, 0.3) is 0 Å². The van der Waals surface area contributed by atoms with Crippen LogP contribution in [0, 0.1) is 0 Å². The first kappa shape index (κ1) is 13.4. The van der Waals surface area contributed by atoms with E-state index in [1.54, 1.807) is 11.1 Å². The van der Waals surface area contributed by atoms with Gasteiger partial charge in [0.05, 0.1) is 6.04 Å².